The molecule has 1 amide bonds. The van der Waals surface area contributed by atoms with Gasteiger partial charge in [0.1, 0.15) is 5.82 Å². The van der Waals surface area contributed by atoms with Crippen LogP contribution in [0, 0.1) is 6.92 Å². The van der Waals surface area contributed by atoms with Gasteiger partial charge in [0.15, 0.2) is 0 Å². The fraction of sp³-hybridized carbons (Fsp3) is 0.375. The molecule has 0 unspecified atom stereocenters. The predicted molar refractivity (Wildman–Crippen MR) is 81.5 cm³/mol. The highest BCUT2D eigenvalue weighted by molar-refractivity contribution is 5.94. The van der Waals surface area contributed by atoms with Gasteiger partial charge in [-0.25, -0.2) is 4.98 Å². The SMILES string of the molecule is Cc1cc(=O)[nH]c([C@]2(C)CCCN2C(=O)c2ccncc2)n1. The molecule has 0 bridgehead atoms. The first-order valence-corrected chi connectivity index (χ1v) is 7.31. The molecule has 1 atom stereocenters. The third-order valence-corrected chi connectivity index (χ3v) is 4.19. The fourth-order valence-electron chi connectivity index (χ4n) is 3.02. The lowest BCUT2D eigenvalue weighted by Gasteiger charge is -2.34. The van der Waals surface area contributed by atoms with Crippen molar-refractivity contribution in [3.63, 3.8) is 0 Å². The molecule has 1 aliphatic heterocycles. The third-order valence-electron chi connectivity index (χ3n) is 4.19. The number of carbonyl (C=O) groups is 1. The molecule has 1 saturated heterocycles. The first kappa shape index (κ1) is 14.4. The summed E-state index contributed by atoms with van der Waals surface area (Å²) >= 11 is 0. The Labute approximate surface area is 128 Å². The molecule has 2 aromatic heterocycles. The molecule has 0 saturated carbocycles. The van der Waals surface area contributed by atoms with Crippen LogP contribution in [0.1, 0.15) is 41.6 Å². The van der Waals surface area contributed by atoms with E-state index in [1.165, 1.54) is 6.07 Å². The van der Waals surface area contributed by atoms with Gasteiger partial charge >= 0.3 is 0 Å². The van der Waals surface area contributed by atoms with E-state index in [-0.39, 0.29) is 11.5 Å². The van der Waals surface area contributed by atoms with Crippen molar-refractivity contribution in [2.75, 3.05) is 6.54 Å². The number of carbonyl (C=O) groups excluding carboxylic acids is 1. The Hall–Kier alpha value is -2.50. The Morgan fingerprint density at radius 3 is 2.77 bits per heavy atom. The van der Waals surface area contributed by atoms with Crippen LogP contribution in [0.5, 0.6) is 0 Å². The molecule has 2 aromatic rings. The van der Waals surface area contributed by atoms with E-state index in [9.17, 15) is 9.59 Å². The number of pyridine rings is 1. The van der Waals surface area contributed by atoms with E-state index in [1.807, 2.05) is 6.92 Å². The zero-order valence-corrected chi connectivity index (χ0v) is 12.7. The van der Waals surface area contributed by atoms with E-state index < -0.39 is 5.54 Å². The van der Waals surface area contributed by atoms with Gasteiger partial charge in [0.05, 0.1) is 5.54 Å². The molecule has 0 radical (unpaired) electrons. The van der Waals surface area contributed by atoms with Gasteiger partial charge in [0, 0.05) is 36.3 Å². The van der Waals surface area contributed by atoms with Gasteiger partial charge in [-0.2, -0.15) is 0 Å². The van der Waals surface area contributed by atoms with Gasteiger partial charge in [-0.1, -0.05) is 0 Å². The summed E-state index contributed by atoms with van der Waals surface area (Å²) in [7, 11) is 0. The second kappa shape index (κ2) is 5.36. The number of amides is 1. The van der Waals surface area contributed by atoms with Gasteiger partial charge in [-0.05, 0) is 38.8 Å². The highest BCUT2D eigenvalue weighted by Crippen LogP contribution is 2.37. The van der Waals surface area contributed by atoms with Crippen molar-refractivity contribution in [2.24, 2.45) is 0 Å². The summed E-state index contributed by atoms with van der Waals surface area (Å²) in [5.74, 6) is 0.490. The van der Waals surface area contributed by atoms with Crippen LogP contribution in [-0.4, -0.2) is 32.3 Å². The Morgan fingerprint density at radius 1 is 1.36 bits per heavy atom. The van der Waals surface area contributed by atoms with Gasteiger partial charge in [0.25, 0.3) is 11.5 Å². The molecule has 1 aliphatic rings. The summed E-state index contributed by atoms with van der Waals surface area (Å²) in [4.78, 5) is 37.5. The first-order chi connectivity index (χ1) is 10.5. The maximum absolute atomic E-state index is 12.8. The van der Waals surface area contributed by atoms with Crippen molar-refractivity contribution in [1.29, 1.82) is 0 Å². The summed E-state index contributed by atoms with van der Waals surface area (Å²) in [5.41, 5.74) is 0.471. The molecule has 3 heterocycles. The molecule has 6 nitrogen and oxygen atoms in total. The number of hydrogen-bond donors (Lipinski definition) is 1. The van der Waals surface area contributed by atoms with Crippen LogP contribution >= 0.6 is 0 Å². The molecule has 0 aliphatic carbocycles. The highest BCUT2D eigenvalue weighted by Gasteiger charge is 2.43. The van der Waals surface area contributed by atoms with Crippen LogP contribution in [0.25, 0.3) is 0 Å². The highest BCUT2D eigenvalue weighted by atomic mass is 16.2. The Morgan fingerprint density at radius 2 is 2.09 bits per heavy atom. The smallest absolute Gasteiger partial charge is 0.254 e. The number of likely N-dealkylation sites (tertiary alicyclic amines) is 1. The zero-order valence-electron chi connectivity index (χ0n) is 12.7. The molecule has 0 spiro atoms. The monoisotopic (exact) mass is 298 g/mol. The molecule has 114 valence electrons. The lowest BCUT2D eigenvalue weighted by molar-refractivity contribution is 0.0603. The second-order valence-electron chi connectivity index (χ2n) is 5.81. The van der Waals surface area contributed by atoms with Crippen LogP contribution in [-0.2, 0) is 5.54 Å². The van der Waals surface area contributed by atoms with E-state index in [0.29, 0.717) is 23.6 Å². The first-order valence-electron chi connectivity index (χ1n) is 7.31. The predicted octanol–water partition coefficient (Wildman–Crippen LogP) is 1.62. The lowest BCUT2D eigenvalue weighted by atomic mass is 9.96. The van der Waals surface area contributed by atoms with Crippen LogP contribution in [0.3, 0.4) is 0 Å². The van der Waals surface area contributed by atoms with Crippen LogP contribution < -0.4 is 5.56 Å². The summed E-state index contributed by atoms with van der Waals surface area (Å²) in [6.07, 6.45) is 4.86. The van der Waals surface area contributed by atoms with Crippen molar-refractivity contribution >= 4 is 5.91 Å². The van der Waals surface area contributed by atoms with Crippen LogP contribution in [0.4, 0.5) is 0 Å². The summed E-state index contributed by atoms with van der Waals surface area (Å²) in [5, 5.41) is 0. The largest absolute Gasteiger partial charge is 0.326 e. The van der Waals surface area contributed by atoms with E-state index in [4.69, 9.17) is 0 Å². The molecular weight excluding hydrogens is 280 g/mol. The second-order valence-corrected chi connectivity index (χ2v) is 5.81. The minimum Gasteiger partial charge on any atom is -0.326 e. The van der Waals surface area contributed by atoms with E-state index in [2.05, 4.69) is 15.0 Å². The van der Waals surface area contributed by atoms with Crippen molar-refractivity contribution in [2.45, 2.75) is 32.2 Å². The van der Waals surface area contributed by atoms with Gasteiger partial charge in [0.2, 0.25) is 0 Å². The topological polar surface area (TPSA) is 79.0 Å². The maximum Gasteiger partial charge on any atom is 0.254 e. The molecule has 1 N–H and O–H groups in total. The molecular formula is C16H18N4O2. The van der Waals surface area contributed by atoms with Crippen molar-refractivity contribution < 1.29 is 4.79 Å². The zero-order chi connectivity index (χ0) is 15.7. The standard InChI is InChI=1S/C16H18N4O2/c1-11-10-13(21)19-15(18-11)16(2)6-3-9-20(16)14(22)12-4-7-17-8-5-12/h4-5,7-8,10H,3,6,9H2,1-2H3,(H,18,19,21)/t16-/m0/s1. The maximum atomic E-state index is 12.8. The van der Waals surface area contributed by atoms with E-state index in [1.54, 1.807) is 36.4 Å². The summed E-state index contributed by atoms with van der Waals surface area (Å²) < 4.78 is 0. The van der Waals surface area contributed by atoms with Gasteiger partial charge in [-0.3, -0.25) is 14.6 Å². The number of H-pyrrole nitrogens is 1. The molecule has 3 rings (SSSR count). The van der Waals surface area contributed by atoms with Crippen LogP contribution in [0.2, 0.25) is 0 Å². The normalized spacial score (nSPS) is 21.1. The number of nitrogens with zero attached hydrogens (tertiary/aromatic N) is 3. The molecule has 1 fully saturated rings. The molecule has 22 heavy (non-hydrogen) atoms. The van der Waals surface area contributed by atoms with Gasteiger partial charge in [-0.15, -0.1) is 0 Å². The minimum atomic E-state index is -0.592. The summed E-state index contributed by atoms with van der Waals surface area (Å²) in [6.45, 7) is 4.39. The molecule has 6 heteroatoms. The lowest BCUT2D eigenvalue weighted by Crippen LogP contribution is -2.44. The average Bonchev–Trinajstić information content (AvgIpc) is 2.90. The fourth-order valence-corrected chi connectivity index (χ4v) is 3.02. The van der Waals surface area contributed by atoms with Crippen molar-refractivity contribution in [3.05, 3.63) is 58.0 Å². The van der Waals surface area contributed by atoms with E-state index >= 15 is 0 Å². The average molecular weight is 298 g/mol. The third kappa shape index (κ3) is 2.41. The Bertz CT molecular complexity index is 756. The van der Waals surface area contributed by atoms with Crippen molar-refractivity contribution in [3.8, 4) is 0 Å². The minimum absolute atomic E-state index is 0.0634. The number of hydrogen-bond acceptors (Lipinski definition) is 4. The van der Waals surface area contributed by atoms with Crippen molar-refractivity contribution in [1.82, 2.24) is 19.9 Å². The summed E-state index contributed by atoms with van der Waals surface area (Å²) in [6, 6.07) is 4.86. The number of rotatable bonds is 2. The number of nitrogens with one attached hydrogen (secondary N) is 1. The van der Waals surface area contributed by atoms with E-state index in [0.717, 1.165) is 12.8 Å². The number of aromatic amines is 1. The quantitative estimate of drug-likeness (QED) is 0.914. The molecule has 0 aromatic carbocycles. The Balaban J connectivity index is 2.01. The number of aromatic nitrogens is 3. The van der Waals surface area contributed by atoms with Gasteiger partial charge < -0.3 is 9.88 Å². The Kier molecular flexibility index (Phi) is 3.52. The number of aryl methyl sites for hydroxylation is 1. The van der Waals surface area contributed by atoms with Crippen LogP contribution in [0.15, 0.2) is 35.4 Å².